The molecule has 0 spiro atoms. The third kappa shape index (κ3) is 5.28. The fourth-order valence-corrected chi connectivity index (χ4v) is 3.78. The molecule has 5 heteroatoms. The van der Waals surface area contributed by atoms with Crippen LogP contribution in [0, 0.1) is 5.82 Å². The summed E-state index contributed by atoms with van der Waals surface area (Å²) in [6, 6.07) is 14.7. The Morgan fingerprint density at radius 2 is 1.87 bits per heavy atom. The van der Waals surface area contributed by atoms with Crippen molar-refractivity contribution in [3.8, 4) is 11.1 Å². The minimum atomic E-state index is -0.566. The van der Waals surface area contributed by atoms with E-state index in [4.69, 9.17) is 9.47 Å². The minimum absolute atomic E-state index is 0.111. The van der Waals surface area contributed by atoms with Gasteiger partial charge in [-0.05, 0) is 51.3 Å². The van der Waals surface area contributed by atoms with Crippen molar-refractivity contribution in [3.05, 3.63) is 72.2 Å². The third-order valence-corrected chi connectivity index (χ3v) is 5.11. The van der Waals surface area contributed by atoms with Crippen LogP contribution in [0.3, 0.4) is 0 Å². The quantitative estimate of drug-likeness (QED) is 0.592. The number of ether oxygens (including phenoxy) is 2. The maximum atomic E-state index is 14.6. The van der Waals surface area contributed by atoms with Gasteiger partial charge in [-0.2, -0.15) is 0 Å². The third-order valence-electron chi connectivity index (χ3n) is 5.11. The summed E-state index contributed by atoms with van der Waals surface area (Å²) in [6.45, 7) is 11.7. The second kappa shape index (κ2) is 9.00. The van der Waals surface area contributed by atoms with Crippen LogP contribution in [0.2, 0.25) is 0 Å². The Hall–Kier alpha value is -2.66. The molecule has 1 aliphatic heterocycles. The number of carbonyl (C=O) groups is 1. The van der Waals surface area contributed by atoms with Gasteiger partial charge >= 0.3 is 6.09 Å². The molecule has 160 valence electrons. The van der Waals surface area contributed by atoms with Crippen LogP contribution >= 0.6 is 0 Å². The van der Waals surface area contributed by atoms with E-state index in [0.717, 1.165) is 11.1 Å². The number of carbonyl (C=O) groups excluding carboxylic acids is 1. The molecule has 30 heavy (non-hydrogen) atoms. The Balaban J connectivity index is 1.69. The molecule has 0 aliphatic carbocycles. The number of hydrogen-bond donors (Lipinski definition) is 0. The van der Waals surface area contributed by atoms with E-state index >= 15 is 0 Å². The van der Waals surface area contributed by atoms with E-state index in [1.807, 2.05) is 64.1 Å². The summed E-state index contributed by atoms with van der Waals surface area (Å²) in [7, 11) is 0. The first-order chi connectivity index (χ1) is 14.2. The lowest BCUT2D eigenvalue weighted by Crippen LogP contribution is -2.46. The van der Waals surface area contributed by atoms with E-state index in [9.17, 15) is 9.18 Å². The molecule has 0 bridgehead atoms. The molecule has 0 aromatic heterocycles. The largest absolute Gasteiger partial charge is 0.443 e. The van der Waals surface area contributed by atoms with Gasteiger partial charge in [0.05, 0.1) is 12.7 Å². The molecule has 1 amide bonds. The van der Waals surface area contributed by atoms with Crippen molar-refractivity contribution in [2.75, 3.05) is 0 Å². The Kier molecular flexibility index (Phi) is 6.61. The lowest BCUT2D eigenvalue weighted by atomic mass is 9.97. The Bertz CT molecular complexity index is 904. The van der Waals surface area contributed by atoms with Gasteiger partial charge in [0, 0.05) is 23.7 Å². The lowest BCUT2D eigenvalue weighted by Gasteiger charge is -2.39. The van der Waals surface area contributed by atoms with Gasteiger partial charge in [0.15, 0.2) is 0 Å². The Labute approximate surface area is 178 Å². The molecule has 1 heterocycles. The fourth-order valence-electron chi connectivity index (χ4n) is 3.78. The number of piperidine rings is 1. The molecule has 1 fully saturated rings. The van der Waals surface area contributed by atoms with Crippen LogP contribution in [-0.2, 0) is 16.1 Å². The van der Waals surface area contributed by atoms with Crippen LogP contribution in [0.15, 0.2) is 60.8 Å². The smallest absolute Gasteiger partial charge is 0.414 e. The summed E-state index contributed by atoms with van der Waals surface area (Å²) in [5, 5.41) is 0. The molecular formula is C25H30FNO3. The summed E-state index contributed by atoms with van der Waals surface area (Å²) in [5.41, 5.74) is 2.41. The van der Waals surface area contributed by atoms with Gasteiger partial charge in [0.25, 0.3) is 0 Å². The van der Waals surface area contributed by atoms with E-state index in [2.05, 4.69) is 6.58 Å². The van der Waals surface area contributed by atoms with Crippen molar-refractivity contribution >= 4 is 6.09 Å². The van der Waals surface area contributed by atoms with Gasteiger partial charge in [-0.15, -0.1) is 0 Å². The Morgan fingerprint density at radius 3 is 2.50 bits per heavy atom. The first kappa shape index (κ1) is 22.0. The number of likely N-dealkylation sites (tertiary alicyclic amines) is 1. The first-order valence-corrected chi connectivity index (χ1v) is 10.3. The van der Waals surface area contributed by atoms with Gasteiger partial charge in [-0.1, -0.05) is 49.0 Å². The molecule has 4 nitrogen and oxygen atoms in total. The SMILES string of the molecule is C=C1CC(OCc2c(F)cccc2-c2ccccc2)CC(C)N1C(=O)OC(C)(C)C. The molecule has 0 saturated carbocycles. The summed E-state index contributed by atoms with van der Waals surface area (Å²) in [6.07, 6.45) is 0.597. The Morgan fingerprint density at radius 1 is 1.17 bits per heavy atom. The number of benzene rings is 2. The van der Waals surface area contributed by atoms with Gasteiger partial charge in [0.2, 0.25) is 0 Å². The molecule has 2 aromatic rings. The van der Waals surface area contributed by atoms with Gasteiger partial charge in [0.1, 0.15) is 11.4 Å². The minimum Gasteiger partial charge on any atom is -0.443 e. The van der Waals surface area contributed by atoms with E-state index in [0.29, 0.717) is 24.1 Å². The van der Waals surface area contributed by atoms with Gasteiger partial charge < -0.3 is 9.47 Å². The summed E-state index contributed by atoms with van der Waals surface area (Å²) in [4.78, 5) is 14.1. The number of nitrogens with zero attached hydrogens (tertiary/aromatic N) is 1. The average molecular weight is 412 g/mol. The summed E-state index contributed by atoms with van der Waals surface area (Å²) >= 11 is 0. The van der Waals surface area contributed by atoms with Crippen LogP contribution in [0.5, 0.6) is 0 Å². The first-order valence-electron chi connectivity index (χ1n) is 10.3. The number of rotatable bonds is 4. The molecule has 1 aliphatic rings. The van der Waals surface area contributed by atoms with Crippen LogP contribution < -0.4 is 0 Å². The highest BCUT2D eigenvalue weighted by molar-refractivity contribution is 5.71. The normalized spacial score (nSPS) is 19.6. The van der Waals surface area contributed by atoms with Crippen molar-refractivity contribution in [2.24, 2.45) is 0 Å². The highest BCUT2D eigenvalue weighted by Gasteiger charge is 2.35. The predicted molar refractivity (Wildman–Crippen MR) is 116 cm³/mol. The summed E-state index contributed by atoms with van der Waals surface area (Å²) < 4.78 is 26.2. The molecule has 0 radical (unpaired) electrons. The van der Waals surface area contributed by atoms with Crippen LogP contribution in [0.25, 0.3) is 11.1 Å². The maximum Gasteiger partial charge on any atom is 0.414 e. The average Bonchev–Trinajstić information content (AvgIpc) is 2.65. The maximum absolute atomic E-state index is 14.6. The van der Waals surface area contributed by atoms with Crippen molar-refractivity contribution in [3.63, 3.8) is 0 Å². The van der Waals surface area contributed by atoms with E-state index in [1.165, 1.54) is 6.07 Å². The molecule has 0 N–H and O–H groups in total. The van der Waals surface area contributed by atoms with E-state index < -0.39 is 5.60 Å². The van der Waals surface area contributed by atoms with Crippen LogP contribution in [0.4, 0.5) is 9.18 Å². The zero-order valence-electron chi connectivity index (χ0n) is 18.2. The van der Waals surface area contributed by atoms with Crippen molar-refractivity contribution in [1.82, 2.24) is 4.90 Å². The molecule has 2 aromatic carbocycles. The second-order valence-corrected chi connectivity index (χ2v) is 8.77. The van der Waals surface area contributed by atoms with Crippen molar-refractivity contribution in [2.45, 2.75) is 64.9 Å². The predicted octanol–water partition coefficient (Wildman–Crippen LogP) is 6.31. The zero-order valence-corrected chi connectivity index (χ0v) is 18.2. The molecular weight excluding hydrogens is 381 g/mol. The molecule has 1 saturated heterocycles. The topological polar surface area (TPSA) is 38.8 Å². The van der Waals surface area contributed by atoms with Crippen LogP contribution in [0.1, 0.15) is 46.1 Å². The highest BCUT2D eigenvalue weighted by Crippen LogP contribution is 2.31. The lowest BCUT2D eigenvalue weighted by molar-refractivity contribution is -0.0177. The second-order valence-electron chi connectivity index (χ2n) is 8.77. The monoisotopic (exact) mass is 411 g/mol. The fraction of sp³-hybridized carbons (Fsp3) is 0.400. The van der Waals surface area contributed by atoms with E-state index in [1.54, 1.807) is 11.0 Å². The molecule has 3 rings (SSSR count). The van der Waals surface area contributed by atoms with Gasteiger partial charge in [-0.3, -0.25) is 4.90 Å². The number of halogens is 1. The van der Waals surface area contributed by atoms with Crippen molar-refractivity contribution in [1.29, 1.82) is 0 Å². The summed E-state index contributed by atoms with van der Waals surface area (Å²) in [5.74, 6) is -0.283. The van der Waals surface area contributed by atoms with Crippen LogP contribution in [-0.4, -0.2) is 28.7 Å². The standard InChI is InChI=1S/C25H30FNO3/c1-17-14-20(15-18(2)27(17)24(28)30-25(3,4)5)29-16-22-21(12-9-13-23(22)26)19-10-7-6-8-11-19/h6-13,18,20H,1,14-16H2,2-5H3. The number of amides is 1. The highest BCUT2D eigenvalue weighted by atomic mass is 19.1. The van der Waals surface area contributed by atoms with E-state index in [-0.39, 0.29) is 30.7 Å². The molecule has 2 atom stereocenters. The zero-order chi connectivity index (χ0) is 21.9. The molecule has 2 unspecified atom stereocenters. The number of hydrogen-bond acceptors (Lipinski definition) is 3. The van der Waals surface area contributed by atoms with Crippen molar-refractivity contribution < 1.29 is 18.7 Å². The van der Waals surface area contributed by atoms with Gasteiger partial charge in [-0.25, -0.2) is 9.18 Å².